The quantitative estimate of drug-likeness (QED) is 0.622. The standard InChI is InChI=1S/C19H24F2N6O/c1-3-22-19(23-7-6-14-4-5-15(20)10-17(14)21)26-8-9-27(18(28)13-26)16-11-24-25(2)12-16/h4-5,10-12H,3,6-9,13H2,1-2H3,(H,22,23). The molecule has 9 heteroatoms. The van der Waals surface area contributed by atoms with Crippen molar-refractivity contribution in [3.8, 4) is 0 Å². The van der Waals surface area contributed by atoms with E-state index in [0.717, 1.165) is 11.8 Å². The van der Waals surface area contributed by atoms with E-state index >= 15 is 0 Å². The Morgan fingerprint density at radius 3 is 2.79 bits per heavy atom. The van der Waals surface area contributed by atoms with E-state index in [-0.39, 0.29) is 12.5 Å². The molecule has 1 fully saturated rings. The van der Waals surface area contributed by atoms with Crippen LogP contribution in [0.1, 0.15) is 12.5 Å². The number of halogens is 2. The lowest BCUT2D eigenvalue weighted by Crippen LogP contribution is -2.55. The summed E-state index contributed by atoms with van der Waals surface area (Å²) in [5.41, 5.74) is 1.19. The van der Waals surface area contributed by atoms with Gasteiger partial charge in [-0.1, -0.05) is 6.07 Å². The van der Waals surface area contributed by atoms with E-state index in [2.05, 4.69) is 15.4 Å². The van der Waals surface area contributed by atoms with Crippen LogP contribution >= 0.6 is 0 Å². The highest BCUT2D eigenvalue weighted by molar-refractivity contribution is 5.98. The molecule has 1 aliphatic heterocycles. The van der Waals surface area contributed by atoms with Gasteiger partial charge in [0.1, 0.15) is 18.2 Å². The molecule has 2 aromatic rings. The summed E-state index contributed by atoms with van der Waals surface area (Å²) in [4.78, 5) is 20.7. The van der Waals surface area contributed by atoms with Gasteiger partial charge in [0.2, 0.25) is 5.91 Å². The summed E-state index contributed by atoms with van der Waals surface area (Å²) in [5, 5.41) is 7.29. The molecular weight excluding hydrogens is 366 g/mol. The van der Waals surface area contributed by atoms with Crippen LogP contribution in [0.4, 0.5) is 14.5 Å². The topological polar surface area (TPSA) is 65.8 Å². The van der Waals surface area contributed by atoms with Crippen molar-refractivity contribution < 1.29 is 13.6 Å². The summed E-state index contributed by atoms with van der Waals surface area (Å²) in [6.07, 6.45) is 3.83. The van der Waals surface area contributed by atoms with Gasteiger partial charge in [0.25, 0.3) is 0 Å². The van der Waals surface area contributed by atoms with E-state index in [1.807, 2.05) is 25.1 Å². The predicted octanol–water partition coefficient (Wildman–Crippen LogP) is 1.56. The van der Waals surface area contributed by atoms with Crippen LogP contribution in [0.2, 0.25) is 0 Å². The number of anilines is 1. The molecule has 1 N–H and O–H groups in total. The van der Waals surface area contributed by atoms with Crippen LogP contribution in [0.15, 0.2) is 35.6 Å². The maximum absolute atomic E-state index is 13.8. The Hall–Kier alpha value is -2.97. The Morgan fingerprint density at radius 2 is 2.14 bits per heavy atom. The van der Waals surface area contributed by atoms with E-state index in [1.165, 1.54) is 12.1 Å². The molecule has 1 amide bonds. The Balaban J connectivity index is 1.63. The molecule has 1 aliphatic rings. The largest absolute Gasteiger partial charge is 0.357 e. The predicted molar refractivity (Wildman–Crippen MR) is 103 cm³/mol. The maximum atomic E-state index is 13.8. The minimum absolute atomic E-state index is 0.0329. The number of benzene rings is 1. The van der Waals surface area contributed by atoms with E-state index in [0.29, 0.717) is 44.1 Å². The van der Waals surface area contributed by atoms with Gasteiger partial charge in [-0.15, -0.1) is 0 Å². The van der Waals surface area contributed by atoms with Crippen LogP contribution in [0.25, 0.3) is 0 Å². The zero-order valence-electron chi connectivity index (χ0n) is 16.0. The Kier molecular flexibility index (Phi) is 6.23. The minimum Gasteiger partial charge on any atom is -0.357 e. The van der Waals surface area contributed by atoms with Crippen LogP contribution in [0.3, 0.4) is 0 Å². The lowest BCUT2D eigenvalue weighted by atomic mass is 10.1. The van der Waals surface area contributed by atoms with E-state index in [4.69, 9.17) is 0 Å². The molecule has 2 heterocycles. The molecule has 28 heavy (non-hydrogen) atoms. The number of hydrogen-bond donors (Lipinski definition) is 1. The van der Waals surface area contributed by atoms with Gasteiger partial charge in [0.15, 0.2) is 5.96 Å². The fraction of sp³-hybridized carbons (Fsp3) is 0.421. The first-order valence-corrected chi connectivity index (χ1v) is 9.24. The van der Waals surface area contributed by atoms with Gasteiger partial charge >= 0.3 is 0 Å². The number of aromatic nitrogens is 2. The van der Waals surface area contributed by atoms with Crippen LogP contribution in [-0.2, 0) is 18.3 Å². The zero-order chi connectivity index (χ0) is 20.1. The molecule has 1 aromatic carbocycles. The van der Waals surface area contributed by atoms with Gasteiger partial charge in [-0.2, -0.15) is 5.10 Å². The van der Waals surface area contributed by atoms with E-state index in [1.54, 1.807) is 15.8 Å². The van der Waals surface area contributed by atoms with Crippen molar-refractivity contribution in [3.05, 3.63) is 47.8 Å². The maximum Gasteiger partial charge on any atom is 0.246 e. The number of amides is 1. The molecule has 1 saturated heterocycles. The monoisotopic (exact) mass is 390 g/mol. The molecule has 3 rings (SSSR count). The van der Waals surface area contributed by atoms with Crippen molar-refractivity contribution in [3.63, 3.8) is 0 Å². The lowest BCUT2D eigenvalue weighted by molar-refractivity contribution is -0.120. The summed E-state index contributed by atoms with van der Waals surface area (Å²) >= 11 is 0. The first-order valence-electron chi connectivity index (χ1n) is 9.24. The number of rotatable bonds is 5. The first-order chi connectivity index (χ1) is 13.5. The van der Waals surface area contributed by atoms with Crippen molar-refractivity contribution in [2.24, 2.45) is 12.0 Å². The number of aryl methyl sites for hydroxylation is 1. The van der Waals surface area contributed by atoms with E-state index < -0.39 is 11.6 Å². The fourth-order valence-corrected chi connectivity index (χ4v) is 3.11. The van der Waals surface area contributed by atoms with Crippen molar-refractivity contribution in [2.45, 2.75) is 13.3 Å². The zero-order valence-corrected chi connectivity index (χ0v) is 16.0. The van der Waals surface area contributed by atoms with Gasteiger partial charge in [-0.3, -0.25) is 14.5 Å². The number of carbonyl (C=O) groups is 1. The molecule has 7 nitrogen and oxygen atoms in total. The number of piperazine rings is 1. The third kappa shape index (κ3) is 4.65. The van der Waals surface area contributed by atoms with Gasteiger partial charge in [-0.05, 0) is 25.0 Å². The SMILES string of the molecule is CCNC(=NCCc1ccc(F)cc1F)N1CCN(c2cnn(C)c2)C(=O)C1. The van der Waals surface area contributed by atoms with Gasteiger partial charge in [0, 0.05) is 45.5 Å². The van der Waals surface area contributed by atoms with Crippen molar-refractivity contribution in [2.75, 3.05) is 37.6 Å². The minimum atomic E-state index is -0.594. The second-order valence-electron chi connectivity index (χ2n) is 6.56. The van der Waals surface area contributed by atoms with Crippen molar-refractivity contribution in [1.29, 1.82) is 0 Å². The third-order valence-corrected chi connectivity index (χ3v) is 4.52. The van der Waals surface area contributed by atoms with Crippen LogP contribution in [-0.4, -0.2) is 59.3 Å². The number of hydrogen-bond acceptors (Lipinski definition) is 3. The summed E-state index contributed by atoms with van der Waals surface area (Å²) in [6.45, 7) is 4.29. The average molecular weight is 390 g/mol. The van der Waals surface area contributed by atoms with Gasteiger partial charge < -0.3 is 15.1 Å². The molecule has 0 bridgehead atoms. The normalized spacial score (nSPS) is 15.3. The Morgan fingerprint density at radius 1 is 1.32 bits per heavy atom. The average Bonchev–Trinajstić information content (AvgIpc) is 3.08. The summed E-state index contributed by atoms with van der Waals surface area (Å²) in [6, 6.07) is 3.55. The molecule has 0 aliphatic carbocycles. The second-order valence-corrected chi connectivity index (χ2v) is 6.56. The molecule has 0 unspecified atom stereocenters. The fourth-order valence-electron chi connectivity index (χ4n) is 3.11. The van der Waals surface area contributed by atoms with Gasteiger partial charge in [-0.25, -0.2) is 8.78 Å². The van der Waals surface area contributed by atoms with Crippen molar-refractivity contribution >= 4 is 17.6 Å². The summed E-state index contributed by atoms with van der Waals surface area (Å²) in [5.74, 6) is -0.581. The number of carbonyl (C=O) groups excluding carboxylic acids is 1. The number of nitrogens with one attached hydrogen (secondary N) is 1. The highest BCUT2D eigenvalue weighted by atomic mass is 19.1. The van der Waals surface area contributed by atoms with E-state index in [9.17, 15) is 13.6 Å². The van der Waals surface area contributed by atoms with Crippen LogP contribution < -0.4 is 10.2 Å². The molecule has 1 aromatic heterocycles. The number of aliphatic imine (C=N–C) groups is 1. The molecule has 0 atom stereocenters. The summed E-state index contributed by atoms with van der Waals surface area (Å²) < 4.78 is 28.4. The highest BCUT2D eigenvalue weighted by Gasteiger charge is 2.27. The molecule has 0 spiro atoms. The van der Waals surface area contributed by atoms with Crippen LogP contribution in [0, 0.1) is 11.6 Å². The third-order valence-electron chi connectivity index (χ3n) is 4.52. The molecular formula is C19H24F2N6O. The Bertz CT molecular complexity index is 866. The molecule has 0 saturated carbocycles. The first kappa shape index (κ1) is 19.8. The summed E-state index contributed by atoms with van der Waals surface area (Å²) in [7, 11) is 1.81. The second kappa shape index (κ2) is 8.81. The van der Waals surface area contributed by atoms with Gasteiger partial charge in [0.05, 0.1) is 11.9 Å². The lowest BCUT2D eigenvalue weighted by Gasteiger charge is -2.35. The molecule has 0 radical (unpaired) electrons. The Labute approximate surface area is 162 Å². The number of nitrogens with zero attached hydrogens (tertiary/aromatic N) is 5. The van der Waals surface area contributed by atoms with Crippen LogP contribution in [0.5, 0.6) is 0 Å². The smallest absolute Gasteiger partial charge is 0.246 e. The highest BCUT2D eigenvalue weighted by Crippen LogP contribution is 2.16. The number of guanidine groups is 1. The molecule has 150 valence electrons. The van der Waals surface area contributed by atoms with Crippen molar-refractivity contribution in [1.82, 2.24) is 20.0 Å².